The zero-order chi connectivity index (χ0) is 15.1. The molecule has 5 nitrogen and oxygen atoms in total. The zero-order valence-corrected chi connectivity index (χ0v) is 12.1. The Balaban J connectivity index is 1.85. The van der Waals surface area contributed by atoms with Gasteiger partial charge >= 0.3 is 12.0 Å². The van der Waals surface area contributed by atoms with Gasteiger partial charge in [-0.2, -0.15) is 0 Å². The normalized spacial score (nSPS) is 9.62. The number of aryl methyl sites for hydroxylation is 1. The predicted molar refractivity (Wildman–Crippen MR) is 80.2 cm³/mol. The van der Waals surface area contributed by atoms with Crippen LogP contribution in [0.25, 0.3) is 0 Å². The predicted octanol–water partition coefficient (Wildman–Crippen LogP) is 2.00. The van der Waals surface area contributed by atoms with Crippen molar-refractivity contribution in [2.24, 2.45) is 0 Å². The molecule has 21 heavy (non-hydrogen) atoms. The van der Waals surface area contributed by atoms with Crippen LogP contribution in [0.3, 0.4) is 0 Å². The average Bonchev–Trinajstić information content (AvgIpc) is 2.89. The number of hydrogen-bond acceptors (Lipinski definition) is 3. The lowest BCUT2D eigenvalue weighted by atomic mass is 10.2. The van der Waals surface area contributed by atoms with Crippen molar-refractivity contribution in [3.63, 3.8) is 0 Å². The Bertz CT molecular complexity index is 666. The molecule has 0 atom stereocenters. The standard InChI is InChI=1S/C16H17N3O2/c1-13-12-19(16(18-13)21-2)15(20)17-11-7-6-10-14-8-4-3-5-9-14/h3-5,8-9,12H,10-11H2,1-2H3,(H,17,20). The molecule has 0 aliphatic carbocycles. The SMILES string of the molecule is COc1nc(C)cn1C(=O)NCC#CCc1ccccc1. The Hall–Kier alpha value is -2.74. The highest BCUT2D eigenvalue weighted by Crippen LogP contribution is 2.09. The number of carbonyl (C=O) groups excluding carboxylic acids is 1. The fraction of sp³-hybridized carbons (Fsp3) is 0.250. The van der Waals surface area contributed by atoms with Crippen LogP contribution >= 0.6 is 0 Å². The van der Waals surface area contributed by atoms with Crippen molar-refractivity contribution in [2.45, 2.75) is 13.3 Å². The van der Waals surface area contributed by atoms with E-state index in [1.807, 2.05) is 30.3 Å². The summed E-state index contributed by atoms with van der Waals surface area (Å²) >= 11 is 0. The summed E-state index contributed by atoms with van der Waals surface area (Å²) in [5.74, 6) is 5.94. The Kier molecular flexibility index (Phi) is 4.99. The first-order valence-electron chi connectivity index (χ1n) is 6.58. The monoisotopic (exact) mass is 283 g/mol. The van der Waals surface area contributed by atoms with Crippen molar-refractivity contribution in [3.8, 4) is 17.9 Å². The molecule has 0 aliphatic rings. The number of rotatable bonds is 3. The number of nitrogens with zero attached hydrogens (tertiary/aromatic N) is 2. The van der Waals surface area contributed by atoms with E-state index in [9.17, 15) is 4.79 Å². The van der Waals surface area contributed by atoms with Gasteiger partial charge in [0.1, 0.15) is 0 Å². The Morgan fingerprint density at radius 3 is 2.81 bits per heavy atom. The summed E-state index contributed by atoms with van der Waals surface area (Å²) in [6, 6.07) is 9.93. The van der Waals surface area contributed by atoms with Crippen molar-refractivity contribution >= 4 is 6.03 Å². The van der Waals surface area contributed by atoms with Gasteiger partial charge in [0.25, 0.3) is 0 Å². The fourth-order valence-electron chi connectivity index (χ4n) is 1.79. The van der Waals surface area contributed by atoms with Gasteiger partial charge in [0.15, 0.2) is 0 Å². The van der Waals surface area contributed by atoms with Crippen LogP contribution < -0.4 is 10.1 Å². The van der Waals surface area contributed by atoms with Gasteiger partial charge in [-0.05, 0) is 12.5 Å². The van der Waals surface area contributed by atoms with Gasteiger partial charge in [0, 0.05) is 12.6 Å². The van der Waals surface area contributed by atoms with E-state index in [-0.39, 0.29) is 18.6 Å². The number of hydrogen-bond donors (Lipinski definition) is 1. The van der Waals surface area contributed by atoms with E-state index >= 15 is 0 Å². The maximum Gasteiger partial charge on any atom is 0.330 e. The van der Waals surface area contributed by atoms with Gasteiger partial charge in [-0.3, -0.25) is 0 Å². The van der Waals surface area contributed by atoms with Crippen LogP contribution in [0.1, 0.15) is 11.3 Å². The van der Waals surface area contributed by atoms with Crippen molar-refractivity contribution in [1.29, 1.82) is 0 Å². The maximum atomic E-state index is 11.9. The van der Waals surface area contributed by atoms with Crippen LogP contribution in [0.2, 0.25) is 0 Å². The third-order valence-corrected chi connectivity index (χ3v) is 2.78. The van der Waals surface area contributed by atoms with Crippen molar-refractivity contribution in [1.82, 2.24) is 14.9 Å². The molecule has 0 saturated carbocycles. The van der Waals surface area contributed by atoms with Crippen LogP contribution in [-0.2, 0) is 6.42 Å². The third kappa shape index (κ3) is 4.11. The number of aromatic nitrogens is 2. The highest BCUT2D eigenvalue weighted by molar-refractivity contribution is 5.78. The molecule has 1 amide bonds. The number of carbonyl (C=O) groups is 1. The number of benzene rings is 1. The second-order valence-electron chi connectivity index (χ2n) is 4.41. The number of methoxy groups -OCH3 is 1. The van der Waals surface area contributed by atoms with Crippen molar-refractivity contribution in [2.75, 3.05) is 13.7 Å². The average molecular weight is 283 g/mol. The van der Waals surface area contributed by atoms with E-state index in [4.69, 9.17) is 4.74 Å². The molecular formula is C16H17N3O2. The first-order valence-corrected chi connectivity index (χ1v) is 6.58. The molecule has 1 heterocycles. The molecule has 2 aromatic rings. The second-order valence-corrected chi connectivity index (χ2v) is 4.41. The third-order valence-electron chi connectivity index (χ3n) is 2.78. The fourth-order valence-corrected chi connectivity index (χ4v) is 1.79. The molecule has 0 radical (unpaired) electrons. The number of nitrogens with one attached hydrogen (secondary N) is 1. The lowest BCUT2D eigenvalue weighted by molar-refractivity contribution is 0.239. The second kappa shape index (κ2) is 7.15. The summed E-state index contributed by atoms with van der Waals surface area (Å²) in [5.41, 5.74) is 1.88. The molecular weight excluding hydrogens is 266 g/mol. The molecule has 0 bridgehead atoms. The summed E-state index contributed by atoms with van der Waals surface area (Å²) in [5, 5.41) is 2.70. The smallest absolute Gasteiger partial charge is 0.330 e. The summed E-state index contributed by atoms with van der Waals surface area (Å²) in [6.07, 6.45) is 2.29. The maximum absolute atomic E-state index is 11.9. The molecule has 5 heteroatoms. The van der Waals surface area contributed by atoms with Crippen LogP contribution in [0, 0.1) is 18.8 Å². The molecule has 0 saturated heterocycles. The first kappa shape index (κ1) is 14.7. The summed E-state index contributed by atoms with van der Waals surface area (Å²) in [6.45, 7) is 2.08. The highest BCUT2D eigenvalue weighted by Gasteiger charge is 2.11. The lowest BCUT2D eigenvalue weighted by Gasteiger charge is -2.04. The van der Waals surface area contributed by atoms with Gasteiger partial charge in [0.05, 0.1) is 19.3 Å². The van der Waals surface area contributed by atoms with E-state index in [0.29, 0.717) is 6.42 Å². The van der Waals surface area contributed by atoms with Gasteiger partial charge in [0.2, 0.25) is 0 Å². The minimum Gasteiger partial charge on any atom is -0.468 e. The van der Waals surface area contributed by atoms with E-state index in [1.54, 1.807) is 13.1 Å². The zero-order valence-electron chi connectivity index (χ0n) is 12.1. The molecule has 1 aromatic heterocycles. The van der Waals surface area contributed by atoms with E-state index in [0.717, 1.165) is 11.3 Å². The van der Waals surface area contributed by atoms with Crippen LogP contribution in [0.4, 0.5) is 4.79 Å². The largest absolute Gasteiger partial charge is 0.468 e. The van der Waals surface area contributed by atoms with Crippen LogP contribution in [0.15, 0.2) is 36.5 Å². The summed E-state index contributed by atoms with van der Waals surface area (Å²) < 4.78 is 6.36. The lowest BCUT2D eigenvalue weighted by Crippen LogP contribution is -2.28. The summed E-state index contributed by atoms with van der Waals surface area (Å²) in [7, 11) is 1.48. The first-order chi connectivity index (χ1) is 10.2. The minimum absolute atomic E-state index is 0.266. The Morgan fingerprint density at radius 2 is 2.10 bits per heavy atom. The number of imidazole rings is 1. The van der Waals surface area contributed by atoms with Gasteiger partial charge in [-0.15, -0.1) is 0 Å². The quantitative estimate of drug-likeness (QED) is 0.877. The van der Waals surface area contributed by atoms with E-state index in [1.165, 1.54) is 11.7 Å². The van der Waals surface area contributed by atoms with Crippen LogP contribution in [0.5, 0.6) is 6.01 Å². The van der Waals surface area contributed by atoms with Gasteiger partial charge in [-0.1, -0.05) is 42.2 Å². The molecule has 0 aliphatic heterocycles. The van der Waals surface area contributed by atoms with E-state index < -0.39 is 0 Å². The van der Waals surface area contributed by atoms with Crippen LogP contribution in [-0.4, -0.2) is 29.2 Å². The minimum atomic E-state index is -0.304. The number of amides is 1. The molecule has 0 spiro atoms. The molecule has 0 fully saturated rings. The number of ether oxygens (including phenoxy) is 1. The Morgan fingerprint density at radius 1 is 1.33 bits per heavy atom. The van der Waals surface area contributed by atoms with Crippen molar-refractivity contribution in [3.05, 3.63) is 47.8 Å². The topological polar surface area (TPSA) is 56.2 Å². The van der Waals surface area contributed by atoms with Gasteiger partial charge in [-0.25, -0.2) is 14.3 Å². The highest BCUT2D eigenvalue weighted by atomic mass is 16.5. The molecule has 1 N–H and O–H groups in total. The Labute approximate surface area is 124 Å². The molecule has 108 valence electrons. The summed E-state index contributed by atoms with van der Waals surface area (Å²) in [4.78, 5) is 16.0. The van der Waals surface area contributed by atoms with Crippen molar-refractivity contribution < 1.29 is 9.53 Å². The van der Waals surface area contributed by atoms with E-state index in [2.05, 4.69) is 22.1 Å². The molecule has 2 rings (SSSR count). The molecule has 1 aromatic carbocycles. The van der Waals surface area contributed by atoms with Gasteiger partial charge < -0.3 is 10.1 Å². The molecule has 0 unspecified atom stereocenters.